The van der Waals surface area contributed by atoms with E-state index in [1.165, 1.54) is 57.8 Å². The number of rotatable bonds is 20. The van der Waals surface area contributed by atoms with Crippen LogP contribution in [-0.4, -0.2) is 34.3 Å². The van der Waals surface area contributed by atoms with E-state index in [1.54, 1.807) is 28.4 Å². The average Bonchev–Trinajstić information content (AvgIpc) is 2.97. The van der Waals surface area contributed by atoms with E-state index in [9.17, 15) is 4.79 Å². The zero-order valence-electron chi connectivity index (χ0n) is 24.8. The molecule has 0 aliphatic rings. The number of benzene rings is 2. The van der Waals surface area contributed by atoms with Crippen molar-refractivity contribution in [2.75, 3.05) is 28.4 Å². The van der Waals surface area contributed by atoms with E-state index in [4.69, 9.17) is 18.9 Å². The number of unbranched alkanes of at least 4 members (excludes halogenated alkanes) is 10. The molecule has 0 saturated heterocycles. The van der Waals surface area contributed by atoms with E-state index in [2.05, 4.69) is 12.2 Å². The van der Waals surface area contributed by atoms with Gasteiger partial charge in [-0.25, -0.2) is 0 Å². The lowest BCUT2D eigenvalue weighted by molar-refractivity contribution is -0.121. The Balaban J connectivity index is 1.82. The summed E-state index contributed by atoms with van der Waals surface area (Å²) in [7, 11) is 6.45. The van der Waals surface area contributed by atoms with Crippen LogP contribution >= 0.6 is 0 Å². The van der Waals surface area contributed by atoms with Gasteiger partial charge in [0, 0.05) is 18.5 Å². The first-order valence-corrected chi connectivity index (χ1v) is 14.5. The van der Waals surface area contributed by atoms with E-state index >= 15 is 0 Å². The van der Waals surface area contributed by atoms with Crippen LogP contribution in [0.15, 0.2) is 30.3 Å². The van der Waals surface area contributed by atoms with Crippen LogP contribution in [0, 0.1) is 0 Å². The summed E-state index contributed by atoms with van der Waals surface area (Å²) >= 11 is 0. The molecule has 2 rings (SSSR count). The van der Waals surface area contributed by atoms with Crippen molar-refractivity contribution < 1.29 is 23.7 Å². The summed E-state index contributed by atoms with van der Waals surface area (Å²) in [6.07, 6.45) is 18.6. The van der Waals surface area contributed by atoms with Crippen molar-refractivity contribution in [2.45, 2.75) is 90.5 Å². The van der Waals surface area contributed by atoms with Gasteiger partial charge >= 0.3 is 0 Å². The molecular weight excluding hydrogens is 490 g/mol. The van der Waals surface area contributed by atoms with Crippen LogP contribution in [0.25, 0.3) is 12.2 Å². The first-order valence-electron chi connectivity index (χ1n) is 14.5. The molecule has 1 N–H and O–H groups in total. The summed E-state index contributed by atoms with van der Waals surface area (Å²) in [5.41, 5.74) is 2.86. The second-order valence-electron chi connectivity index (χ2n) is 9.93. The van der Waals surface area contributed by atoms with Gasteiger partial charge in [0.25, 0.3) is 0 Å². The molecule has 0 radical (unpaired) electrons. The van der Waals surface area contributed by atoms with Crippen molar-refractivity contribution in [2.24, 2.45) is 0 Å². The van der Waals surface area contributed by atoms with Gasteiger partial charge in [-0.3, -0.25) is 4.79 Å². The zero-order valence-corrected chi connectivity index (χ0v) is 24.8. The van der Waals surface area contributed by atoms with Gasteiger partial charge in [-0.15, -0.1) is 0 Å². The summed E-state index contributed by atoms with van der Waals surface area (Å²) < 4.78 is 21.8. The fraction of sp³-hybridized carbons (Fsp3) is 0.545. The van der Waals surface area contributed by atoms with Crippen LogP contribution in [0.3, 0.4) is 0 Å². The quantitative estimate of drug-likeness (QED) is 0.136. The summed E-state index contributed by atoms with van der Waals surface area (Å²) in [6, 6.07) is 9.76. The number of methoxy groups -OCH3 is 4. The van der Waals surface area contributed by atoms with E-state index in [-0.39, 0.29) is 5.91 Å². The molecular formula is C33H49NO5. The minimum atomic E-state index is 0.0892. The highest BCUT2D eigenvalue weighted by atomic mass is 16.5. The smallest absolute Gasteiger partial charge is 0.220 e. The van der Waals surface area contributed by atoms with Gasteiger partial charge in [-0.05, 0) is 41.8 Å². The lowest BCUT2D eigenvalue weighted by atomic mass is 10.1. The van der Waals surface area contributed by atoms with E-state index in [1.807, 2.05) is 42.5 Å². The van der Waals surface area contributed by atoms with Crippen LogP contribution in [0.5, 0.6) is 23.0 Å². The number of amides is 1. The maximum atomic E-state index is 12.4. The van der Waals surface area contributed by atoms with E-state index < -0.39 is 0 Å². The molecule has 216 valence electrons. The molecule has 0 bridgehead atoms. The number of nitrogens with one attached hydrogen (secondary N) is 1. The standard InChI is InChI=1S/C33H49NO5/c1-6-7-8-9-10-11-12-13-14-15-16-17-32(35)34-25-28-22-26(20-21-29(28)36-2)18-19-27-23-30(37-3)33(39-5)31(24-27)38-4/h18-24H,6-17,25H2,1-5H3,(H,34,35)/b19-18-. The Kier molecular flexibility index (Phi) is 15.6. The molecule has 6 nitrogen and oxygen atoms in total. The van der Waals surface area contributed by atoms with E-state index in [0.29, 0.717) is 30.2 Å². The third-order valence-electron chi connectivity index (χ3n) is 6.94. The van der Waals surface area contributed by atoms with E-state index in [0.717, 1.165) is 35.3 Å². The van der Waals surface area contributed by atoms with Gasteiger partial charge in [-0.2, -0.15) is 0 Å². The minimum Gasteiger partial charge on any atom is -0.496 e. The van der Waals surface area contributed by atoms with Crippen molar-refractivity contribution in [3.8, 4) is 23.0 Å². The molecule has 1 amide bonds. The maximum Gasteiger partial charge on any atom is 0.220 e. The molecule has 0 spiro atoms. The lowest BCUT2D eigenvalue weighted by Gasteiger charge is -2.13. The first-order chi connectivity index (χ1) is 19.1. The molecule has 0 aliphatic heterocycles. The predicted molar refractivity (Wildman–Crippen MR) is 161 cm³/mol. The summed E-state index contributed by atoms with van der Waals surface area (Å²) in [4.78, 5) is 12.4. The summed E-state index contributed by atoms with van der Waals surface area (Å²) in [6.45, 7) is 2.70. The molecule has 0 unspecified atom stereocenters. The van der Waals surface area contributed by atoms with Crippen LogP contribution in [-0.2, 0) is 11.3 Å². The van der Waals surface area contributed by atoms with Crippen LogP contribution in [0.1, 0.15) is 101 Å². The van der Waals surface area contributed by atoms with Gasteiger partial charge in [0.15, 0.2) is 11.5 Å². The fourth-order valence-electron chi connectivity index (χ4n) is 4.66. The van der Waals surface area contributed by atoms with Crippen LogP contribution in [0.4, 0.5) is 0 Å². The van der Waals surface area contributed by atoms with Crippen LogP contribution in [0.2, 0.25) is 0 Å². The second kappa shape index (κ2) is 19.0. The zero-order chi connectivity index (χ0) is 28.3. The van der Waals surface area contributed by atoms with Crippen molar-refractivity contribution in [1.82, 2.24) is 5.32 Å². The largest absolute Gasteiger partial charge is 0.496 e. The Morgan fingerprint density at radius 3 is 1.74 bits per heavy atom. The van der Waals surface area contributed by atoms with Crippen molar-refractivity contribution in [3.05, 3.63) is 47.0 Å². The average molecular weight is 540 g/mol. The van der Waals surface area contributed by atoms with Gasteiger partial charge in [0.2, 0.25) is 11.7 Å². The highest BCUT2D eigenvalue weighted by molar-refractivity contribution is 5.76. The van der Waals surface area contributed by atoms with Crippen molar-refractivity contribution in [1.29, 1.82) is 0 Å². The Morgan fingerprint density at radius 2 is 1.21 bits per heavy atom. The maximum absolute atomic E-state index is 12.4. The molecule has 0 heterocycles. The minimum absolute atomic E-state index is 0.0892. The van der Waals surface area contributed by atoms with Crippen LogP contribution < -0.4 is 24.3 Å². The highest BCUT2D eigenvalue weighted by Crippen LogP contribution is 2.38. The number of hydrogen-bond acceptors (Lipinski definition) is 5. The topological polar surface area (TPSA) is 66.0 Å². The summed E-state index contributed by atoms with van der Waals surface area (Å²) in [5.74, 6) is 2.62. The predicted octanol–water partition coefficient (Wildman–Crippen LogP) is 8.21. The highest BCUT2D eigenvalue weighted by Gasteiger charge is 2.12. The molecule has 0 fully saturated rings. The van der Waals surface area contributed by atoms with Gasteiger partial charge in [-0.1, -0.05) is 89.4 Å². The van der Waals surface area contributed by atoms with Gasteiger partial charge in [0.1, 0.15) is 5.75 Å². The number of ether oxygens (including phenoxy) is 4. The Labute approximate surface area is 236 Å². The number of hydrogen-bond donors (Lipinski definition) is 1. The van der Waals surface area contributed by atoms with Crippen molar-refractivity contribution >= 4 is 18.1 Å². The third-order valence-corrected chi connectivity index (χ3v) is 6.94. The molecule has 2 aromatic rings. The first kappa shape index (κ1) is 32.1. The molecule has 0 atom stereocenters. The van der Waals surface area contributed by atoms with Gasteiger partial charge in [0.05, 0.1) is 28.4 Å². The van der Waals surface area contributed by atoms with Gasteiger partial charge < -0.3 is 24.3 Å². The van der Waals surface area contributed by atoms with Crippen molar-refractivity contribution in [3.63, 3.8) is 0 Å². The number of carbonyl (C=O) groups is 1. The molecule has 6 heteroatoms. The molecule has 0 aliphatic carbocycles. The molecule has 0 saturated carbocycles. The molecule has 0 aromatic heterocycles. The lowest BCUT2D eigenvalue weighted by Crippen LogP contribution is -2.22. The normalized spacial score (nSPS) is 11.0. The number of carbonyl (C=O) groups excluding carboxylic acids is 1. The third kappa shape index (κ3) is 11.6. The SMILES string of the molecule is CCCCCCCCCCCCCC(=O)NCc1cc(/C=C\c2cc(OC)c(OC)c(OC)c2)ccc1OC. The molecule has 2 aromatic carbocycles. The Morgan fingerprint density at radius 1 is 0.667 bits per heavy atom. The fourth-order valence-corrected chi connectivity index (χ4v) is 4.66. The molecule has 39 heavy (non-hydrogen) atoms. The second-order valence-corrected chi connectivity index (χ2v) is 9.93. The summed E-state index contributed by atoms with van der Waals surface area (Å²) in [5, 5.41) is 3.06. The Hall–Kier alpha value is -3.15. The Bertz CT molecular complexity index is 992. The monoisotopic (exact) mass is 539 g/mol.